The predicted octanol–water partition coefficient (Wildman–Crippen LogP) is 3.98. The summed E-state index contributed by atoms with van der Waals surface area (Å²) in [5.74, 6) is 0.793. The van der Waals surface area contributed by atoms with Gasteiger partial charge in [-0.25, -0.2) is 4.98 Å². The Balaban J connectivity index is 1.39. The molecule has 1 amide bonds. The number of hydrogen-bond acceptors (Lipinski definition) is 4. The number of benzene rings is 1. The summed E-state index contributed by atoms with van der Waals surface area (Å²) in [4.78, 5) is 19.6. The third kappa shape index (κ3) is 3.33. The lowest BCUT2D eigenvalue weighted by molar-refractivity contribution is 0.0947. The molecular formula is C23H27N5O. The highest BCUT2D eigenvalue weighted by Gasteiger charge is 2.25. The number of fused-ring (bicyclic) bond motifs is 3. The Hall–Kier alpha value is -3.02. The summed E-state index contributed by atoms with van der Waals surface area (Å²) in [6, 6.07) is 12.6. The van der Waals surface area contributed by atoms with E-state index in [4.69, 9.17) is 4.98 Å². The molecule has 3 aromatic rings. The molecule has 6 nitrogen and oxygen atoms in total. The van der Waals surface area contributed by atoms with Crippen molar-refractivity contribution in [3.63, 3.8) is 0 Å². The highest BCUT2D eigenvalue weighted by molar-refractivity contribution is 6.08. The molecule has 2 aliphatic heterocycles. The second-order valence-electron chi connectivity index (χ2n) is 8.03. The summed E-state index contributed by atoms with van der Waals surface area (Å²) >= 11 is 0. The second kappa shape index (κ2) is 7.43. The molecule has 0 atom stereocenters. The number of carbonyl (C=O) groups is 1. The summed E-state index contributed by atoms with van der Waals surface area (Å²) < 4.78 is 2.05. The van der Waals surface area contributed by atoms with Gasteiger partial charge in [0.05, 0.1) is 5.56 Å². The maximum atomic E-state index is 12.3. The second-order valence-corrected chi connectivity index (χ2v) is 8.03. The van der Waals surface area contributed by atoms with Crippen LogP contribution in [0.15, 0.2) is 36.4 Å². The average molecular weight is 390 g/mol. The van der Waals surface area contributed by atoms with Crippen molar-refractivity contribution >= 4 is 34.1 Å². The van der Waals surface area contributed by atoms with Gasteiger partial charge in [-0.05, 0) is 49.2 Å². The molecule has 0 radical (unpaired) electrons. The molecule has 6 heteroatoms. The Morgan fingerprint density at radius 1 is 1.00 bits per heavy atom. The molecule has 150 valence electrons. The van der Waals surface area contributed by atoms with E-state index in [2.05, 4.69) is 44.4 Å². The van der Waals surface area contributed by atoms with Gasteiger partial charge >= 0.3 is 0 Å². The van der Waals surface area contributed by atoms with Crippen molar-refractivity contribution in [2.24, 2.45) is 7.05 Å². The number of amides is 1. The number of aromatic nitrogens is 2. The van der Waals surface area contributed by atoms with E-state index in [-0.39, 0.29) is 5.91 Å². The number of carbonyl (C=O) groups excluding carboxylic acids is 1. The Morgan fingerprint density at radius 3 is 2.52 bits per heavy atom. The standard InChI is InChI=1S/C23H27N5O/c1-27-19-12-13-24-23(29)21(19)18-10-11-20(26-22(18)27)25-16-6-8-17(9-7-16)28-14-4-2-3-5-15-28/h6-11H,2-5,12-15H2,1H3,(H,24,29)(H,25,26). The van der Waals surface area contributed by atoms with Gasteiger partial charge in [0.2, 0.25) is 0 Å². The summed E-state index contributed by atoms with van der Waals surface area (Å²) in [7, 11) is 1.99. The van der Waals surface area contributed by atoms with E-state index in [9.17, 15) is 4.79 Å². The number of hydrogen-bond donors (Lipinski definition) is 2. The van der Waals surface area contributed by atoms with E-state index in [0.717, 1.165) is 53.3 Å². The first-order chi connectivity index (χ1) is 14.2. The van der Waals surface area contributed by atoms with Crippen molar-refractivity contribution in [2.75, 3.05) is 29.9 Å². The van der Waals surface area contributed by atoms with Crippen LogP contribution in [-0.2, 0) is 13.5 Å². The summed E-state index contributed by atoms with van der Waals surface area (Å²) in [5, 5.41) is 7.27. The first kappa shape index (κ1) is 18.0. The van der Waals surface area contributed by atoms with Crippen molar-refractivity contribution in [3.05, 3.63) is 47.7 Å². The molecule has 1 fully saturated rings. The van der Waals surface area contributed by atoms with Crippen LogP contribution in [0.25, 0.3) is 11.0 Å². The van der Waals surface area contributed by atoms with Crippen LogP contribution in [0.3, 0.4) is 0 Å². The quantitative estimate of drug-likeness (QED) is 0.711. The van der Waals surface area contributed by atoms with Crippen LogP contribution in [0.4, 0.5) is 17.2 Å². The van der Waals surface area contributed by atoms with Crippen LogP contribution in [0.1, 0.15) is 41.7 Å². The van der Waals surface area contributed by atoms with E-state index in [1.54, 1.807) is 0 Å². The van der Waals surface area contributed by atoms with Gasteiger partial charge in [0.15, 0.2) is 0 Å². The molecule has 4 heterocycles. The summed E-state index contributed by atoms with van der Waals surface area (Å²) in [6.07, 6.45) is 6.09. The number of rotatable bonds is 3. The monoisotopic (exact) mass is 389 g/mol. The SMILES string of the molecule is Cn1c2c(c3ccc(Nc4ccc(N5CCCCCC5)cc4)nc31)C(=O)NCC2. The highest BCUT2D eigenvalue weighted by atomic mass is 16.1. The molecule has 1 aromatic carbocycles. The average Bonchev–Trinajstić information content (AvgIpc) is 2.91. The fourth-order valence-corrected chi connectivity index (χ4v) is 4.58. The lowest BCUT2D eigenvalue weighted by Gasteiger charge is -2.22. The van der Waals surface area contributed by atoms with Gasteiger partial charge in [0.25, 0.3) is 5.91 Å². The topological polar surface area (TPSA) is 62.2 Å². The maximum absolute atomic E-state index is 12.3. The molecule has 0 spiro atoms. The van der Waals surface area contributed by atoms with Crippen LogP contribution in [-0.4, -0.2) is 35.1 Å². The largest absolute Gasteiger partial charge is 0.372 e. The van der Waals surface area contributed by atoms with Gasteiger partial charge in [-0.3, -0.25) is 4.79 Å². The van der Waals surface area contributed by atoms with Crippen LogP contribution < -0.4 is 15.5 Å². The minimum Gasteiger partial charge on any atom is -0.372 e. The zero-order chi connectivity index (χ0) is 19.8. The molecule has 5 rings (SSSR count). The van der Waals surface area contributed by atoms with E-state index in [1.807, 2.05) is 19.2 Å². The highest BCUT2D eigenvalue weighted by Crippen LogP contribution is 2.29. The first-order valence-corrected chi connectivity index (χ1v) is 10.6. The number of nitrogens with zero attached hydrogens (tertiary/aromatic N) is 3. The molecule has 0 unspecified atom stereocenters. The molecule has 0 saturated carbocycles. The van der Waals surface area contributed by atoms with Crippen LogP contribution in [0.2, 0.25) is 0 Å². The molecule has 0 aliphatic carbocycles. The molecule has 2 N–H and O–H groups in total. The number of nitrogens with one attached hydrogen (secondary N) is 2. The first-order valence-electron chi connectivity index (χ1n) is 10.6. The maximum Gasteiger partial charge on any atom is 0.253 e. The van der Waals surface area contributed by atoms with E-state index in [0.29, 0.717) is 6.54 Å². The van der Waals surface area contributed by atoms with E-state index in [1.165, 1.54) is 31.4 Å². The van der Waals surface area contributed by atoms with Gasteiger partial charge in [-0.15, -0.1) is 0 Å². The van der Waals surface area contributed by atoms with Gasteiger partial charge in [0, 0.05) is 55.6 Å². The third-order valence-corrected chi connectivity index (χ3v) is 6.14. The van der Waals surface area contributed by atoms with Crippen molar-refractivity contribution < 1.29 is 4.79 Å². The third-order valence-electron chi connectivity index (χ3n) is 6.14. The fraction of sp³-hybridized carbons (Fsp3) is 0.391. The van der Waals surface area contributed by atoms with Gasteiger partial charge in [-0.2, -0.15) is 0 Å². The lowest BCUT2D eigenvalue weighted by atomic mass is 10.1. The Labute approximate surface area is 170 Å². The molecule has 0 bridgehead atoms. The van der Waals surface area contributed by atoms with Crippen LogP contribution >= 0.6 is 0 Å². The van der Waals surface area contributed by atoms with Crippen LogP contribution in [0.5, 0.6) is 0 Å². The molecule has 29 heavy (non-hydrogen) atoms. The normalized spacial score (nSPS) is 17.0. The van der Waals surface area contributed by atoms with Crippen LogP contribution in [0, 0.1) is 0 Å². The number of pyridine rings is 1. The lowest BCUT2D eigenvalue weighted by Crippen LogP contribution is -2.32. The Kier molecular flexibility index (Phi) is 4.62. The van der Waals surface area contributed by atoms with Gasteiger partial charge in [0.1, 0.15) is 11.5 Å². The minimum atomic E-state index is 0.00320. The van der Waals surface area contributed by atoms with E-state index >= 15 is 0 Å². The zero-order valence-corrected chi connectivity index (χ0v) is 16.9. The predicted molar refractivity (Wildman–Crippen MR) is 117 cm³/mol. The van der Waals surface area contributed by atoms with Crippen molar-refractivity contribution in [1.82, 2.24) is 14.9 Å². The number of aryl methyl sites for hydroxylation is 1. The molecule has 2 aromatic heterocycles. The van der Waals surface area contributed by atoms with Crippen molar-refractivity contribution in [3.8, 4) is 0 Å². The van der Waals surface area contributed by atoms with Crippen molar-refractivity contribution in [1.29, 1.82) is 0 Å². The Morgan fingerprint density at radius 2 is 1.76 bits per heavy atom. The summed E-state index contributed by atoms with van der Waals surface area (Å²) in [5.41, 5.74) is 5.00. The minimum absolute atomic E-state index is 0.00320. The number of anilines is 3. The Bertz CT molecular complexity index is 1050. The molecule has 1 saturated heterocycles. The van der Waals surface area contributed by atoms with Crippen molar-refractivity contribution in [2.45, 2.75) is 32.1 Å². The zero-order valence-electron chi connectivity index (χ0n) is 16.9. The summed E-state index contributed by atoms with van der Waals surface area (Å²) in [6.45, 7) is 2.98. The van der Waals surface area contributed by atoms with Gasteiger partial charge in [-0.1, -0.05) is 12.8 Å². The fourth-order valence-electron chi connectivity index (χ4n) is 4.58. The van der Waals surface area contributed by atoms with Gasteiger partial charge < -0.3 is 20.1 Å². The molecular weight excluding hydrogens is 362 g/mol. The smallest absolute Gasteiger partial charge is 0.253 e. The van der Waals surface area contributed by atoms with E-state index < -0.39 is 0 Å². The molecule has 2 aliphatic rings.